The molecular formula is C13H17F3N2O3S. The Morgan fingerprint density at radius 1 is 1.32 bits per heavy atom. The lowest BCUT2D eigenvalue weighted by molar-refractivity contribution is -0.0522. The number of hydrogen-bond donors (Lipinski definition) is 1. The van der Waals surface area contributed by atoms with Gasteiger partial charge in [0, 0.05) is 18.6 Å². The number of alkyl halides is 2. The van der Waals surface area contributed by atoms with E-state index in [-0.39, 0.29) is 18.0 Å². The van der Waals surface area contributed by atoms with E-state index in [9.17, 15) is 21.6 Å². The minimum absolute atomic E-state index is 0.228. The normalized spacial score (nSPS) is 19.4. The number of piperidine rings is 1. The van der Waals surface area contributed by atoms with Crippen LogP contribution in [0.15, 0.2) is 23.1 Å². The zero-order valence-electron chi connectivity index (χ0n) is 11.9. The first kappa shape index (κ1) is 17.0. The predicted molar refractivity (Wildman–Crippen MR) is 73.6 cm³/mol. The number of ether oxygens (including phenoxy) is 1. The summed E-state index contributed by atoms with van der Waals surface area (Å²) in [7, 11) is -3.89. The molecule has 2 N–H and O–H groups in total. The maximum atomic E-state index is 13.7. The highest BCUT2D eigenvalue weighted by atomic mass is 32.2. The molecule has 1 heterocycles. The van der Waals surface area contributed by atoms with E-state index in [2.05, 4.69) is 4.74 Å². The molecule has 5 nitrogen and oxygen atoms in total. The van der Waals surface area contributed by atoms with Gasteiger partial charge in [0.15, 0.2) is 11.6 Å². The van der Waals surface area contributed by atoms with Crippen molar-refractivity contribution < 1.29 is 26.3 Å². The Morgan fingerprint density at radius 2 is 1.91 bits per heavy atom. The largest absolute Gasteiger partial charge is 0.432 e. The highest BCUT2D eigenvalue weighted by Gasteiger charge is 2.33. The van der Waals surface area contributed by atoms with Crippen LogP contribution in [-0.2, 0) is 10.0 Å². The van der Waals surface area contributed by atoms with E-state index in [0.29, 0.717) is 18.9 Å². The van der Waals surface area contributed by atoms with Gasteiger partial charge in [0.25, 0.3) is 0 Å². The summed E-state index contributed by atoms with van der Waals surface area (Å²) in [6.45, 7) is -0.882. The van der Waals surface area contributed by atoms with Gasteiger partial charge in [0.05, 0.1) is 4.90 Å². The lowest BCUT2D eigenvalue weighted by Gasteiger charge is -2.35. The van der Waals surface area contributed by atoms with E-state index in [0.717, 1.165) is 12.1 Å². The van der Waals surface area contributed by atoms with Gasteiger partial charge in [-0.2, -0.15) is 13.1 Å². The molecule has 1 aromatic carbocycles. The average Bonchev–Trinajstić information content (AvgIpc) is 2.40. The van der Waals surface area contributed by atoms with Crippen LogP contribution in [0.3, 0.4) is 0 Å². The third-order valence-corrected chi connectivity index (χ3v) is 5.52. The van der Waals surface area contributed by atoms with Crippen LogP contribution < -0.4 is 10.5 Å². The van der Waals surface area contributed by atoms with Crippen molar-refractivity contribution in [1.29, 1.82) is 0 Å². The van der Waals surface area contributed by atoms with Gasteiger partial charge in [-0.05, 0) is 38.0 Å². The first-order valence-electron chi connectivity index (χ1n) is 6.65. The van der Waals surface area contributed by atoms with Gasteiger partial charge in [0.2, 0.25) is 10.0 Å². The molecule has 1 saturated heterocycles. The summed E-state index contributed by atoms with van der Waals surface area (Å²) >= 11 is 0. The molecule has 0 aliphatic carbocycles. The summed E-state index contributed by atoms with van der Waals surface area (Å²) in [6.07, 6.45) is 0.975. The van der Waals surface area contributed by atoms with Crippen LogP contribution in [0.2, 0.25) is 0 Å². The fourth-order valence-corrected chi connectivity index (χ4v) is 3.67. The van der Waals surface area contributed by atoms with Crippen LogP contribution >= 0.6 is 0 Å². The van der Waals surface area contributed by atoms with Crippen LogP contribution in [0.25, 0.3) is 0 Å². The molecule has 0 spiro atoms. The zero-order valence-corrected chi connectivity index (χ0v) is 12.7. The highest BCUT2D eigenvalue weighted by molar-refractivity contribution is 7.89. The van der Waals surface area contributed by atoms with Gasteiger partial charge in [0.1, 0.15) is 0 Å². The summed E-state index contributed by atoms with van der Waals surface area (Å²) in [5.74, 6) is -1.84. The van der Waals surface area contributed by atoms with Crippen molar-refractivity contribution in [2.24, 2.45) is 5.73 Å². The summed E-state index contributed by atoms with van der Waals surface area (Å²) in [5.41, 5.74) is 5.52. The molecule has 0 aromatic heterocycles. The summed E-state index contributed by atoms with van der Waals surface area (Å²) in [5, 5.41) is 0. The third-order valence-electron chi connectivity index (χ3n) is 3.62. The Morgan fingerprint density at radius 3 is 2.41 bits per heavy atom. The molecule has 0 bridgehead atoms. The summed E-state index contributed by atoms with van der Waals surface area (Å²) < 4.78 is 67.8. The molecule has 1 aromatic rings. The lowest BCUT2D eigenvalue weighted by Crippen LogP contribution is -2.49. The fourth-order valence-electron chi connectivity index (χ4n) is 2.22. The number of benzene rings is 1. The molecule has 1 aliphatic heterocycles. The zero-order chi connectivity index (χ0) is 16.5. The number of nitrogens with zero attached hydrogens (tertiary/aromatic N) is 1. The van der Waals surface area contributed by atoms with Crippen LogP contribution in [0.1, 0.15) is 19.8 Å². The molecule has 22 heavy (non-hydrogen) atoms. The van der Waals surface area contributed by atoms with E-state index in [1.165, 1.54) is 4.31 Å². The second kappa shape index (κ2) is 6.05. The molecule has 1 fully saturated rings. The molecule has 0 saturated carbocycles. The molecular weight excluding hydrogens is 321 g/mol. The molecule has 0 unspecified atom stereocenters. The van der Waals surface area contributed by atoms with Crippen LogP contribution in [-0.4, -0.2) is 38.0 Å². The van der Waals surface area contributed by atoms with Crippen LogP contribution in [0.5, 0.6) is 5.75 Å². The maximum Gasteiger partial charge on any atom is 0.387 e. The number of nitrogens with two attached hydrogens (primary N) is 1. The van der Waals surface area contributed by atoms with Gasteiger partial charge >= 0.3 is 6.61 Å². The molecule has 0 atom stereocenters. The van der Waals surface area contributed by atoms with Crippen LogP contribution in [0.4, 0.5) is 13.2 Å². The van der Waals surface area contributed by atoms with E-state index >= 15 is 0 Å². The maximum absolute atomic E-state index is 13.7. The Balaban J connectivity index is 2.21. The highest BCUT2D eigenvalue weighted by Crippen LogP contribution is 2.28. The average molecular weight is 338 g/mol. The van der Waals surface area contributed by atoms with E-state index in [4.69, 9.17) is 5.73 Å². The van der Waals surface area contributed by atoms with Crippen molar-refractivity contribution in [3.8, 4) is 5.75 Å². The van der Waals surface area contributed by atoms with Crippen molar-refractivity contribution in [3.63, 3.8) is 0 Å². The number of hydrogen-bond acceptors (Lipinski definition) is 4. The Kier molecular flexibility index (Phi) is 4.69. The second-order valence-corrected chi connectivity index (χ2v) is 7.47. The standard InChI is InChI=1S/C13H17F3N2O3S/c1-13(17)4-6-18(7-5-13)22(19,20)9-2-3-11(10(14)8-9)21-12(15)16/h2-3,8,12H,4-7,17H2,1H3. The number of halogens is 3. The number of rotatable bonds is 4. The molecule has 0 amide bonds. The van der Waals surface area contributed by atoms with E-state index in [1.54, 1.807) is 0 Å². The van der Waals surface area contributed by atoms with Crippen molar-refractivity contribution >= 4 is 10.0 Å². The van der Waals surface area contributed by atoms with Gasteiger partial charge in [-0.1, -0.05) is 0 Å². The van der Waals surface area contributed by atoms with Crippen molar-refractivity contribution in [2.45, 2.75) is 36.8 Å². The van der Waals surface area contributed by atoms with Gasteiger partial charge in [-0.3, -0.25) is 0 Å². The van der Waals surface area contributed by atoms with Gasteiger partial charge < -0.3 is 10.5 Å². The minimum atomic E-state index is -3.89. The summed E-state index contributed by atoms with van der Waals surface area (Å²) in [6, 6.07) is 2.61. The fraction of sp³-hybridized carbons (Fsp3) is 0.538. The summed E-state index contributed by atoms with van der Waals surface area (Å²) in [4.78, 5) is -0.299. The van der Waals surface area contributed by atoms with E-state index in [1.807, 2.05) is 6.92 Å². The predicted octanol–water partition coefficient (Wildman–Crippen LogP) is 1.93. The SMILES string of the molecule is CC1(N)CCN(S(=O)(=O)c2ccc(OC(F)F)c(F)c2)CC1. The smallest absolute Gasteiger partial charge is 0.387 e. The third kappa shape index (κ3) is 3.71. The Bertz CT molecular complexity index is 640. The molecule has 1 aliphatic rings. The first-order chi connectivity index (χ1) is 10.1. The van der Waals surface area contributed by atoms with Crippen molar-refractivity contribution in [1.82, 2.24) is 4.31 Å². The quantitative estimate of drug-likeness (QED) is 0.910. The Hall–Kier alpha value is -1.32. The lowest BCUT2D eigenvalue weighted by atomic mass is 9.92. The molecule has 9 heteroatoms. The van der Waals surface area contributed by atoms with Crippen LogP contribution in [0, 0.1) is 5.82 Å². The van der Waals surface area contributed by atoms with Gasteiger partial charge in [-0.15, -0.1) is 0 Å². The monoisotopic (exact) mass is 338 g/mol. The van der Waals surface area contributed by atoms with Crippen molar-refractivity contribution in [3.05, 3.63) is 24.0 Å². The first-order valence-corrected chi connectivity index (χ1v) is 8.09. The molecule has 124 valence electrons. The minimum Gasteiger partial charge on any atom is -0.432 e. The second-order valence-electron chi connectivity index (χ2n) is 5.53. The number of sulfonamides is 1. The topological polar surface area (TPSA) is 72.6 Å². The van der Waals surface area contributed by atoms with Crippen molar-refractivity contribution in [2.75, 3.05) is 13.1 Å². The Labute approximate surface area is 126 Å². The molecule has 2 rings (SSSR count). The molecule has 0 radical (unpaired) electrons. The van der Waals surface area contributed by atoms with Gasteiger partial charge in [-0.25, -0.2) is 12.8 Å². The van der Waals surface area contributed by atoms with E-state index < -0.39 is 33.7 Å².